The van der Waals surface area contributed by atoms with Gasteiger partial charge in [-0.2, -0.15) is 0 Å². The van der Waals surface area contributed by atoms with Gasteiger partial charge in [0.15, 0.2) is 0 Å². The highest BCUT2D eigenvalue weighted by Crippen LogP contribution is 2.24. The molecular formula is C14H19NO4. The van der Waals surface area contributed by atoms with E-state index in [-0.39, 0.29) is 6.42 Å². The van der Waals surface area contributed by atoms with Crippen LogP contribution in [0.1, 0.15) is 43.6 Å². The summed E-state index contributed by atoms with van der Waals surface area (Å²) in [6.07, 6.45) is 2.67. The summed E-state index contributed by atoms with van der Waals surface area (Å²) in [5, 5.41) is 17.7. The van der Waals surface area contributed by atoms with Gasteiger partial charge in [-0.25, -0.2) is 0 Å². The lowest BCUT2D eigenvalue weighted by Gasteiger charge is -2.12. The van der Waals surface area contributed by atoms with Gasteiger partial charge in [0.1, 0.15) is 0 Å². The molecule has 1 atom stereocenters. The number of aliphatic carboxylic acids is 2. The fourth-order valence-electron chi connectivity index (χ4n) is 1.96. The summed E-state index contributed by atoms with van der Waals surface area (Å²) in [6.45, 7) is 0. The maximum Gasteiger partial charge on any atom is 0.310 e. The van der Waals surface area contributed by atoms with Crippen molar-refractivity contribution >= 4 is 17.6 Å². The molecular weight excluding hydrogens is 246 g/mol. The second-order valence-corrected chi connectivity index (χ2v) is 4.55. The van der Waals surface area contributed by atoms with Crippen LogP contribution in [-0.2, 0) is 9.59 Å². The Morgan fingerprint density at radius 1 is 1.05 bits per heavy atom. The number of benzene rings is 1. The van der Waals surface area contributed by atoms with Gasteiger partial charge in [-0.1, -0.05) is 25.0 Å². The SMILES string of the molecule is Nc1ccc(C(CCCCCC(=O)O)C(=O)O)cc1. The van der Waals surface area contributed by atoms with E-state index in [1.54, 1.807) is 24.3 Å². The Morgan fingerprint density at radius 2 is 1.68 bits per heavy atom. The lowest BCUT2D eigenvalue weighted by molar-refractivity contribution is -0.139. The Bertz CT molecular complexity index is 428. The van der Waals surface area contributed by atoms with E-state index in [0.717, 1.165) is 12.0 Å². The third-order valence-electron chi connectivity index (χ3n) is 3.02. The normalized spacial score (nSPS) is 12.0. The summed E-state index contributed by atoms with van der Waals surface area (Å²) in [4.78, 5) is 21.6. The van der Waals surface area contributed by atoms with E-state index in [9.17, 15) is 14.7 Å². The predicted octanol–water partition coefficient (Wildman–Crippen LogP) is 2.47. The van der Waals surface area contributed by atoms with Crippen LogP contribution >= 0.6 is 0 Å². The number of carbonyl (C=O) groups is 2. The summed E-state index contributed by atoms with van der Waals surface area (Å²) in [5.41, 5.74) is 6.91. The number of hydrogen-bond acceptors (Lipinski definition) is 3. The van der Waals surface area contributed by atoms with Crippen molar-refractivity contribution < 1.29 is 19.8 Å². The molecule has 1 unspecified atom stereocenters. The molecule has 0 heterocycles. The maximum atomic E-state index is 11.2. The minimum absolute atomic E-state index is 0.139. The Labute approximate surface area is 112 Å². The summed E-state index contributed by atoms with van der Waals surface area (Å²) < 4.78 is 0. The first-order chi connectivity index (χ1) is 9.00. The van der Waals surface area contributed by atoms with E-state index in [0.29, 0.717) is 24.9 Å². The average molecular weight is 265 g/mol. The highest BCUT2D eigenvalue weighted by Gasteiger charge is 2.19. The molecule has 0 bridgehead atoms. The van der Waals surface area contributed by atoms with Gasteiger partial charge in [0.25, 0.3) is 0 Å². The third-order valence-corrected chi connectivity index (χ3v) is 3.02. The Balaban J connectivity index is 2.47. The maximum absolute atomic E-state index is 11.2. The van der Waals surface area contributed by atoms with Crippen LogP contribution in [0, 0.1) is 0 Å². The smallest absolute Gasteiger partial charge is 0.310 e. The zero-order valence-corrected chi connectivity index (χ0v) is 10.7. The topological polar surface area (TPSA) is 101 Å². The van der Waals surface area contributed by atoms with Crippen molar-refractivity contribution in [2.45, 2.75) is 38.0 Å². The molecule has 104 valence electrons. The van der Waals surface area contributed by atoms with Gasteiger partial charge in [0.05, 0.1) is 5.92 Å². The van der Waals surface area contributed by atoms with Crippen molar-refractivity contribution in [1.29, 1.82) is 0 Å². The quantitative estimate of drug-likeness (QED) is 0.495. The molecule has 4 N–H and O–H groups in total. The molecule has 0 spiro atoms. The number of anilines is 1. The molecule has 1 rings (SSSR count). The van der Waals surface area contributed by atoms with Gasteiger partial charge in [-0.05, 0) is 30.5 Å². The van der Waals surface area contributed by atoms with Gasteiger partial charge >= 0.3 is 11.9 Å². The second-order valence-electron chi connectivity index (χ2n) is 4.55. The van der Waals surface area contributed by atoms with Crippen LogP contribution in [0.25, 0.3) is 0 Å². The van der Waals surface area contributed by atoms with Gasteiger partial charge in [0, 0.05) is 12.1 Å². The molecule has 0 radical (unpaired) electrons. The van der Waals surface area contributed by atoms with Crippen LogP contribution < -0.4 is 5.73 Å². The number of nitrogens with two attached hydrogens (primary N) is 1. The van der Waals surface area contributed by atoms with E-state index < -0.39 is 17.9 Å². The Morgan fingerprint density at radius 3 is 2.21 bits per heavy atom. The van der Waals surface area contributed by atoms with E-state index in [1.165, 1.54) is 0 Å². The summed E-state index contributed by atoms with van der Waals surface area (Å²) in [5.74, 6) is -2.22. The first-order valence-corrected chi connectivity index (χ1v) is 6.30. The molecule has 1 aromatic carbocycles. The van der Waals surface area contributed by atoms with Gasteiger partial charge in [0.2, 0.25) is 0 Å². The Hall–Kier alpha value is -2.04. The van der Waals surface area contributed by atoms with Crippen LogP contribution in [0.2, 0.25) is 0 Å². The standard InChI is InChI=1S/C14H19NO4/c15-11-8-6-10(7-9-11)12(14(18)19)4-2-1-3-5-13(16)17/h6-9,12H,1-5,15H2,(H,16,17)(H,18,19). The number of hydrogen-bond donors (Lipinski definition) is 3. The highest BCUT2D eigenvalue weighted by molar-refractivity contribution is 5.76. The molecule has 0 saturated carbocycles. The molecule has 0 aliphatic carbocycles. The van der Waals surface area contributed by atoms with Gasteiger partial charge in [-0.15, -0.1) is 0 Å². The van der Waals surface area contributed by atoms with Crippen molar-refractivity contribution in [2.24, 2.45) is 0 Å². The molecule has 5 heteroatoms. The number of nitrogen functional groups attached to an aromatic ring is 1. The molecule has 0 aliphatic heterocycles. The monoisotopic (exact) mass is 265 g/mol. The fourth-order valence-corrected chi connectivity index (χ4v) is 1.96. The third kappa shape index (κ3) is 5.42. The predicted molar refractivity (Wildman–Crippen MR) is 72.0 cm³/mol. The zero-order chi connectivity index (χ0) is 14.3. The second kappa shape index (κ2) is 7.41. The summed E-state index contributed by atoms with van der Waals surface area (Å²) in [6, 6.07) is 6.84. The first-order valence-electron chi connectivity index (χ1n) is 6.30. The van der Waals surface area contributed by atoms with Crippen molar-refractivity contribution in [2.75, 3.05) is 5.73 Å². The van der Waals surface area contributed by atoms with Crippen LogP contribution in [0.4, 0.5) is 5.69 Å². The van der Waals surface area contributed by atoms with Gasteiger partial charge in [-0.3, -0.25) is 9.59 Å². The molecule has 1 aromatic rings. The van der Waals surface area contributed by atoms with Crippen molar-refractivity contribution in [3.8, 4) is 0 Å². The van der Waals surface area contributed by atoms with E-state index in [1.807, 2.05) is 0 Å². The van der Waals surface area contributed by atoms with Crippen molar-refractivity contribution in [3.05, 3.63) is 29.8 Å². The summed E-state index contributed by atoms with van der Waals surface area (Å²) in [7, 11) is 0. The van der Waals surface area contributed by atoms with Crippen molar-refractivity contribution in [3.63, 3.8) is 0 Å². The molecule has 0 fully saturated rings. The first kappa shape index (κ1) is 15.0. The van der Waals surface area contributed by atoms with E-state index in [4.69, 9.17) is 10.8 Å². The van der Waals surface area contributed by atoms with Crippen LogP contribution in [0.15, 0.2) is 24.3 Å². The average Bonchev–Trinajstić information content (AvgIpc) is 2.34. The van der Waals surface area contributed by atoms with Crippen LogP contribution in [0.3, 0.4) is 0 Å². The molecule has 0 aliphatic rings. The molecule has 0 saturated heterocycles. The molecule has 0 aromatic heterocycles. The zero-order valence-electron chi connectivity index (χ0n) is 10.7. The summed E-state index contributed by atoms with van der Waals surface area (Å²) >= 11 is 0. The molecule has 19 heavy (non-hydrogen) atoms. The van der Waals surface area contributed by atoms with Gasteiger partial charge < -0.3 is 15.9 Å². The van der Waals surface area contributed by atoms with Crippen molar-refractivity contribution in [1.82, 2.24) is 0 Å². The largest absolute Gasteiger partial charge is 0.481 e. The number of unbranched alkanes of at least 4 members (excludes halogenated alkanes) is 2. The van der Waals surface area contributed by atoms with Crippen LogP contribution in [0.5, 0.6) is 0 Å². The molecule has 0 amide bonds. The molecule has 5 nitrogen and oxygen atoms in total. The Kier molecular flexibility index (Phi) is 5.85. The number of rotatable bonds is 8. The van der Waals surface area contributed by atoms with E-state index in [2.05, 4.69) is 0 Å². The van der Waals surface area contributed by atoms with E-state index >= 15 is 0 Å². The minimum atomic E-state index is -0.858. The number of carboxylic acid groups (broad SMARTS) is 2. The minimum Gasteiger partial charge on any atom is -0.481 e. The lowest BCUT2D eigenvalue weighted by Crippen LogP contribution is -2.11. The number of carboxylic acids is 2. The lowest BCUT2D eigenvalue weighted by atomic mass is 9.93. The van der Waals surface area contributed by atoms with Crippen LogP contribution in [-0.4, -0.2) is 22.2 Å². The highest BCUT2D eigenvalue weighted by atomic mass is 16.4. The fraction of sp³-hybridized carbons (Fsp3) is 0.429.